The summed E-state index contributed by atoms with van der Waals surface area (Å²) in [6, 6.07) is 7.89. The Balaban J connectivity index is 0.00000112. The van der Waals surface area contributed by atoms with Crippen LogP contribution in [0.5, 0.6) is 0 Å². The third-order valence-electron chi connectivity index (χ3n) is 2.16. The number of hydrogen-bond donors (Lipinski definition) is 0. The van der Waals surface area contributed by atoms with Crippen molar-refractivity contribution in [1.29, 1.82) is 0 Å². The Kier molecular flexibility index (Phi) is 5.81. The molecular weight excluding hydrogens is 291 g/mol. The number of aromatic nitrogens is 1. The van der Waals surface area contributed by atoms with Gasteiger partial charge < -0.3 is 7.43 Å². The standard InChI is InChI=1S/C12H10N2.CH3.Pd/c1-3-9-6-7-10-5-4-8-14-12(10)11(9)13-2;;/h3-8H,1-2H2;1H3;/q;-1;. The number of fused-ring (bicyclic) bond motifs is 1. The average Bonchev–Trinajstić information content (AvgIpc) is 2.27. The van der Waals surface area contributed by atoms with Gasteiger partial charge in [-0.15, -0.1) is 0 Å². The van der Waals surface area contributed by atoms with Gasteiger partial charge in [-0.25, -0.2) is 0 Å². The summed E-state index contributed by atoms with van der Waals surface area (Å²) in [6.07, 6.45) is 3.52. The van der Waals surface area contributed by atoms with Gasteiger partial charge in [0, 0.05) is 37.6 Å². The van der Waals surface area contributed by atoms with Gasteiger partial charge in [-0.3, -0.25) is 9.98 Å². The van der Waals surface area contributed by atoms with E-state index in [1.165, 1.54) is 0 Å². The minimum atomic E-state index is 0. The molecule has 0 fully saturated rings. The van der Waals surface area contributed by atoms with Crippen molar-refractivity contribution in [2.24, 2.45) is 4.99 Å². The van der Waals surface area contributed by atoms with Crippen molar-refractivity contribution in [1.82, 2.24) is 4.98 Å². The first-order valence-corrected chi connectivity index (χ1v) is 4.33. The van der Waals surface area contributed by atoms with Gasteiger partial charge in [0.1, 0.15) is 0 Å². The normalized spacial score (nSPS) is 8.75. The summed E-state index contributed by atoms with van der Waals surface area (Å²) >= 11 is 0. The van der Waals surface area contributed by atoms with Crippen molar-refractivity contribution < 1.29 is 20.4 Å². The van der Waals surface area contributed by atoms with Crippen molar-refractivity contribution in [2.75, 3.05) is 0 Å². The number of rotatable bonds is 2. The van der Waals surface area contributed by atoms with Crippen molar-refractivity contribution in [3.05, 3.63) is 50.0 Å². The van der Waals surface area contributed by atoms with E-state index in [2.05, 4.69) is 23.3 Å². The quantitative estimate of drug-likeness (QED) is 0.472. The van der Waals surface area contributed by atoms with Gasteiger partial charge >= 0.3 is 0 Å². The molecule has 0 spiro atoms. The fourth-order valence-corrected chi connectivity index (χ4v) is 1.48. The van der Waals surface area contributed by atoms with Crippen LogP contribution in [0.4, 0.5) is 5.69 Å². The zero-order chi connectivity index (χ0) is 9.97. The number of aliphatic imine (C=N–C) groups is 1. The first-order chi connectivity index (χ1) is 6.86. The molecule has 2 rings (SSSR count). The van der Waals surface area contributed by atoms with Crippen LogP contribution in [0.2, 0.25) is 0 Å². The molecule has 16 heavy (non-hydrogen) atoms. The van der Waals surface area contributed by atoms with Crippen LogP contribution in [-0.2, 0) is 20.4 Å². The van der Waals surface area contributed by atoms with E-state index < -0.39 is 0 Å². The summed E-state index contributed by atoms with van der Waals surface area (Å²) in [6.45, 7) is 7.28. The summed E-state index contributed by atoms with van der Waals surface area (Å²) in [5.74, 6) is 0. The topological polar surface area (TPSA) is 25.2 Å². The zero-order valence-electron chi connectivity index (χ0n) is 9.09. The monoisotopic (exact) mass is 303 g/mol. The molecule has 2 nitrogen and oxygen atoms in total. The van der Waals surface area contributed by atoms with E-state index in [0.717, 1.165) is 22.2 Å². The average molecular weight is 304 g/mol. The van der Waals surface area contributed by atoms with E-state index in [9.17, 15) is 0 Å². The van der Waals surface area contributed by atoms with E-state index >= 15 is 0 Å². The van der Waals surface area contributed by atoms with Gasteiger partial charge in [0.05, 0.1) is 11.2 Å². The van der Waals surface area contributed by atoms with Gasteiger partial charge in [0.15, 0.2) is 0 Å². The molecule has 86 valence electrons. The number of benzene rings is 1. The second-order valence-electron chi connectivity index (χ2n) is 2.94. The second-order valence-corrected chi connectivity index (χ2v) is 2.94. The van der Waals surface area contributed by atoms with Crippen LogP contribution < -0.4 is 0 Å². The van der Waals surface area contributed by atoms with E-state index in [1.54, 1.807) is 12.3 Å². The molecule has 0 bridgehead atoms. The molecule has 2 aromatic rings. The first-order valence-electron chi connectivity index (χ1n) is 4.33. The molecule has 0 amide bonds. The second kappa shape index (κ2) is 6.32. The van der Waals surface area contributed by atoms with E-state index in [4.69, 9.17) is 0 Å². The van der Waals surface area contributed by atoms with Crippen LogP contribution >= 0.6 is 0 Å². The van der Waals surface area contributed by atoms with Crippen molar-refractivity contribution >= 4 is 29.4 Å². The SMILES string of the molecule is C=Cc1ccc2cccnc2c1N=C.[CH3-].[Pd]. The largest absolute Gasteiger partial charge is 0.358 e. The van der Waals surface area contributed by atoms with Gasteiger partial charge in [0.2, 0.25) is 0 Å². The molecule has 3 heteroatoms. The third kappa shape index (κ3) is 2.44. The number of pyridine rings is 1. The Morgan fingerprint density at radius 2 is 2.00 bits per heavy atom. The minimum Gasteiger partial charge on any atom is -0.358 e. The summed E-state index contributed by atoms with van der Waals surface area (Å²) in [4.78, 5) is 8.26. The predicted octanol–water partition coefficient (Wildman–Crippen LogP) is 3.66. The maximum atomic E-state index is 4.28. The van der Waals surface area contributed by atoms with Crippen LogP contribution in [0.3, 0.4) is 0 Å². The molecule has 0 radical (unpaired) electrons. The van der Waals surface area contributed by atoms with Gasteiger partial charge in [-0.05, 0) is 12.8 Å². The summed E-state index contributed by atoms with van der Waals surface area (Å²) < 4.78 is 0. The van der Waals surface area contributed by atoms with Crippen LogP contribution in [0.15, 0.2) is 42.0 Å². The molecule has 1 heterocycles. The molecule has 0 aliphatic heterocycles. The maximum absolute atomic E-state index is 4.28. The van der Waals surface area contributed by atoms with Crippen LogP contribution in [0, 0.1) is 7.43 Å². The number of hydrogen-bond acceptors (Lipinski definition) is 2. The Morgan fingerprint density at radius 1 is 1.25 bits per heavy atom. The number of nitrogens with zero attached hydrogens (tertiary/aromatic N) is 2. The fraction of sp³-hybridized carbons (Fsp3) is 0. The Hall–Kier alpha value is -1.30. The fourth-order valence-electron chi connectivity index (χ4n) is 1.48. The molecule has 0 saturated carbocycles. The Morgan fingerprint density at radius 3 is 2.62 bits per heavy atom. The van der Waals surface area contributed by atoms with E-state index in [-0.39, 0.29) is 27.8 Å². The van der Waals surface area contributed by atoms with Crippen molar-refractivity contribution in [2.45, 2.75) is 0 Å². The van der Waals surface area contributed by atoms with Crippen LogP contribution in [0.1, 0.15) is 5.56 Å². The first kappa shape index (κ1) is 14.7. The van der Waals surface area contributed by atoms with Crippen LogP contribution in [-0.4, -0.2) is 11.7 Å². The maximum Gasteiger partial charge on any atom is 0.0964 e. The smallest absolute Gasteiger partial charge is 0.0964 e. The minimum absolute atomic E-state index is 0. The summed E-state index contributed by atoms with van der Waals surface area (Å²) in [5.41, 5.74) is 2.64. The molecule has 1 aromatic carbocycles. The van der Waals surface area contributed by atoms with Crippen LogP contribution in [0.25, 0.3) is 17.0 Å². The molecular formula is C13H13N2Pd-. The molecule has 0 N–H and O–H groups in total. The van der Waals surface area contributed by atoms with Gasteiger partial charge in [-0.2, -0.15) is 0 Å². The molecule has 0 unspecified atom stereocenters. The molecule has 1 aromatic heterocycles. The Labute approximate surface area is 110 Å². The van der Waals surface area contributed by atoms with Crippen molar-refractivity contribution in [3.8, 4) is 0 Å². The molecule has 0 aliphatic carbocycles. The molecule has 0 atom stereocenters. The zero-order valence-corrected chi connectivity index (χ0v) is 10.6. The molecule has 0 aliphatic rings. The molecule has 0 saturated heterocycles. The predicted molar refractivity (Wildman–Crippen MR) is 67.5 cm³/mol. The van der Waals surface area contributed by atoms with E-state index in [0.29, 0.717) is 0 Å². The van der Waals surface area contributed by atoms with Gasteiger partial charge in [-0.1, -0.05) is 30.9 Å². The van der Waals surface area contributed by atoms with E-state index in [1.807, 2.05) is 24.3 Å². The summed E-state index contributed by atoms with van der Waals surface area (Å²) in [5, 5.41) is 1.07. The Bertz CT molecular complexity index is 506. The third-order valence-corrected chi connectivity index (χ3v) is 2.16. The van der Waals surface area contributed by atoms with Crippen molar-refractivity contribution in [3.63, 3.8) is 0 Å². The summed E-state index contributed by atoms with van der Waals surface area (Å²) in [7, 11) is 0. The van der Waals surface area contributed by atoms with Gasteiger partial charge in [0.25, 0.3) is 0 Å².